The van der Waals surface area contributed by atoms with E-state index in [9.17, 15) is 4.79 Å². The quantitative estimate of drug-likeness (QED) is 0.690. The minimum Gasteiger partial charge on any atom is -0.300 e. The standard InChI is InChI=1S/C12H23NO/c1-9(2)7-10(3)13(4)11-5-6-12(14)8-11/h9-11H,5-8H2,1-4H3. The van der Waals surface area contributed by atoms with Gasteiger partial charge in [-0.3, -0.25) is 4.79 Å². The van der Waals surface area contributed by atoms with E-state index in [0.717, 1.165) is 25.2 Å². The van der Waals surface area contributed by atoms with Crippen molar-refractivity contribution < 1.29 is 4.79 Å². The number of hydrogen-bond acceptors (Lipinski definition) is 2. The second-order valence-corrected chi connectivity index (χ2v) is 5.08. The molecular weight excluding hydrogens is 174 g/mol. The summed E-state index contributed by atoms with van der Waals surface area (Å²) < 4.78 is 0. The number of carbonyl (C=O) groups excluding carboxylic acids is 1. The van der Waals surface area contributed by atoms with Gasteiger partial charge in [-0.2, -0.15) is 0 Å². The summed E-state index contributed by atoms with van der Waals surface area (Å²) >= 11 is 0. The summed E-state index contributed by atoms with van der Waals surface area (Å²) in [6, 6.07) is 1.11. The van der Waals surface area contributed by atoms with Crippen LogP contribution in [0.5, 0.6) is 0 Å². The smallest absolute Gasteiger partial charge is 0.134 e. The lowest BCUT2D eigenvalue weighted by molar-refractivity contribution is -0.117. The minimum atomic E-state index is 0.443. The average Bonchev–Trinajstić information content (AvgIpc) is 2.49. The Labute approximate surface area is 87.7 Å². The van der Waals surface area contributed by atoms with Gasteiger partial charge in [-0.25, -0.2) is 0 Å². The summed E-state index contributed by atoms with van der Waals surface area (Å²) in [4.78, 5) is 13.6. The first kappa shape index (κ1) is 11.7. The monoisotopic (exact) mass is 197 g/mol. The predicted molar refractivity (Wildman–Crippen MR) is 59.3 cm³/mol. The molecule has 1 saturated carbocycles. The van der Waals surface area contributed by atoms with Gasteiger partial charge in [0.05, 0.1) is 0 Å². The number of carbonyl (C=O) groups is 1. The normalized spacial score (nSPS) is 25.0. The van der Waals surface area contributed by atoms with E-state index < -0.39 is 0 Å². The molecule has 0 radical (unpaired) electrons. The Morgan fingerprint density at radius 3 is 2.50 bits per heavy atom. The summed E-state index contributed by atoms with van der Waals surface area (Å²) in [6.45, 7) is 6.77. The van der Waals surface area contributed by atoms with Crippen molar-refractivity contribution in [1.29, 1.82) is 0 Å². The summed E-state index contributed by atoms with van der Waals surface area (Å²) in [5.41, 5.74) is 0. The Morgan fingerprint density at radius 1 is 1.43 bits per heavy atom. The molecule has 82 valence electrons. The molecule has 0 N–H and O–H groups in total. The van der Waals surface area contributed by atoms with Crippen molar-refractivity contribution in [3.8, 4) is 0 Å². The highest BCUT2D eigenvalue weighted by Crippen LogP contribution is 2.23. The molecule has 2 heteroatoms. The molecule has 0 spiro atoms. The van der Waals surface area contributed by atoms with Gasteiger partial charge in [0.2, 0.25) is 0 Å². The molecule has 1 fully saturated rings. The van der Waals surface area contributed by atoms with Crippen molar-refractivity contribution in [3.63, 3.8) is 0 Å². The van der Waals surface area contributed by atoms with Crippen molar-refractivity contribution in [2.75, 3.05) is 7.05 Å². The molecule has 1 aliphatic carbocycles. The summed E-state index contributed by atoms with van der Waals surface area (Å²) in [5, 5.41) is 0. The number of nitrogens with zero attached hydrogens (tertiary/aromatic N) is 1. The molecule has 14 heavy (non-hydrogen) atoms. The lowest BCUT2D eigenvalue weighted by Crippen LogP contribution is -2.37. The molecule has 2 atom stereocenters. The highest BCUT2D eigenvalue weighted by atomic mass is 16.1. The first-order valence-corrected chi connectivity index (χ1v) is 5.74. The molecular formula is C12H23NO. The van der Waals surface area contributed by atoms with Crippen LogP contribution in [-0.4, -0.2) is 29.8 Å². The number of Topliss-reactive ketones (excluding diaryl/α,β-unsaturated/α-hetero) is 1. The van der Waals surface area contributed by atoms with Crippen LogP contribution in [0.1, 0.15) is 46.5 Å². The topological polar surface area (TPSA) is 20.3 Å². The van der Waals surface area contributed by atoms with Gasteiger partial charge >= 0.3 is 0 Å². The second kappa shape index (κ2) is 4.92. The minimum absolute atomic E-state index is 0.443. The van der Waals surface area contributed by atoms with Gasteiger partial charge in [-0.1, -0.05) is 13.8 Å². The van der Waals surface area contributed by atoms with E-state index in [4.69, 9.17) is 0 Å². The zero-order chi connectivity index (χ0) is 10.7. The van der Waals surface area contributed by atoms with E-state index in [1.165, 1.54) is 6.42 Å². The van der Waals surface area contributed by atoms with E-state index in [-0.39, 0.29) is 0 Å². The molecule has 1 aliphatic rings. The molecule has 1 rings (SSSR count). The first-order chi connectivity index (χ1) is 6.50. The maximum atomic E-state index is 11.2. The fraction of sp³-hybridized carbons (Fsp3) is 0.917. The average molecular weight is 197 g/mol. The third-order valence-corrected chi connectivity index (χ3v) is 3.30. The Kier molecular flexibility index (Phi) is 4.11. The van der Waals surface area contributed by atoms with Crippen LogP contribution in [0, 0.1) is 5.92 Å². The predicted octanol–water partition coefficient (Wildman–Crippen LogP) is 2.47. The molecule has 0 bridgehead atoms. The number of rotatable bonds is 4. The van der Waals surface area contributed by atoms with Gasteiger partial charge in [-0.15, -0.1) is 0 Å². The lowest BCUT2D eigenvalue weighted by Gasteiger charge is -2.31. The van der Waals surface area contributed by atoms with Crippen molar-refractivity contribution in [2.24, 2.45) is 5.92 Å². The van der Waals surface area contributed by atoms with E-state index in [2.05, 4.69) is 32.7 Å². The van der Waals surface area contributed by atoms with Crippen LogP contribution < -0.4 is 0 Å². The van der Waals surface area contributed by atoms with Crippen LogP contribution in [0.25, 0.3) is 0 Å². The molecule has 0 aromatic heterocycles. The van der Waals surface area contributed by atoms with Crippen molar-refractivity contribution in [1.82, 2.24) is 4.90 Å². The highest BCUT2D eigenvalue weighted by Gasteiger charge is 2.27. The maximum absolute atomic E-state index is 11.2. The number of ketones is 1. The van der Waals surface area contributed by atoms with E-state index in [1.54, 1.807) is 0 Å². The van der Waals surface area contributed by atoms with Gasteiger partial charge in [0.15, 0.2) is 0 Å². The Hall–Kier alpha value is -0.370. The molecule has 0 amide bonds. The second-order valence-electron chi connectivity index (χ2n) is 5.08. The molecule has 0 saturated heterocycles. The summed E-state index contributed by atoms with van der Waals surface area (Å²) in [5.74, 6) is 1.18. The molecule has 0 aliphatic heterocycles. The van der Waals surface area contributed by atoms with Gasteiger partial charge in [0.25, 0.3) is 0 Å². The SMILES string of the molecule is CC(C)CC(C)N(C)C1CCC(=O)C1. The summed E-state index contributed by atoms with van der Waals surface area (Å²) in [6.07, 6.45) is 3.86. The number of hydrogen-bond donors (Lipinski definition) is 0. The van der Waals surface area contributed by atoms with Crippen molar-refractivity contribution >= 4 is 5.78 Å². The Morgan fingerprint density at radius 2 is 2.07 bits per heavy atom. The molecule has 0 aromatic rings. The van der Waals surface area contributed by atoms with Crippen molar-refractivity contribution in [3.05, 3.63) is 0 Å². The molecule has 2 unspecified atom stereocenters. The van der Waals surface area contributed by atoms with Gasteiger partial charge in [0.1, 0.15) is 5.78 Å². The Balaban J connectivity index is 2.39. The Bertz CT molecular complexity index is 200. The van der Waals surface area contributed by atoms with E-state index >= 15 is 0 Å². The lowest BCUT2D eigenvalue weighted by atomic mass is 10.0. The maximum Gasteiger partial charge on any atom is 0.134 e. The fourth-order valence-corrected chi connectivity index (χ4v) is 2.35. The van der Waals surface area contributed by atoms with Crippen molar-refractivity contribution in [2.45, 2.75) is 58.5 Å². The van der Waals surface area contributed by atoms with E-state index in [1.807, 2.05) is 0 Å². The van der Waals surface area contributed by atoms with Gasteiger partial charge in [0, 0.05) is 24.9 Å². The van der Waals surface area contributed by atoms with Crippen LogP contribution >= 0.6 is 0 Å². The molecule has 0 heterocycles. The van der Waals surface area contributed by atoms with Crippen LogP contribution in [0.4, 0.5) is 0 Å². The third-order valence-electron chi connectivity index (χ3n) is 3.30. The van der Waals surface area contributed by atoms with Crippen LogP contribution in [0.15, 0.2) is 0 Å². The largest absolute Gasteiger partial charge is 0.300 e. The van der Waals surface area contributed by atoms with E-state index in [0.29, 0.717) is 17.9 Å². The zero-order valence-corrected chi connectivity index (χ0v) is 9.92. The fourth-order valence-electron chi connectivity index (χ4n) is 2.35. The van der Waals surface area contributed by atoms with Gasteiger partial charge < -0.3 is 4.90 Å². The first-order valence-electron chi connectivity index (χ1n) is 5.74. The van der Waals surface area contributed by atoms with Crippen LogP contribution in [0.2, 0.25) is 0 Å². The highest BCUT2D eigenvalue weighted by molar-refractivity contribution is 5.81. The third kappa shape index (κ3) is 3.09. The molecule has 2 nitrogen and oxygen atoms in total. The summed E-state index contributed by atoms with van der Waals surface area (Å²) in [7, 11) is 2.16. The van der Waals surface area contributed by atoms with Crippen LogP contribution in [0.3, 0.4) is 0 Å². The van der Waals surface area contributed by atoms with Crippen LogP contribution in [-0.2, 0) is 4.79 Å². The zero-order valence-electron chi connectivity index (χ0n) is 9.92. The molecule has 0 aromatic carbocycles. The van der Waals surface area contributed by atoms with Gasteiger partial charge in [-0.05, 0) is 32.7 Å².